The van der Waals surface area contributed by atoms with E-state index in [0.717, 1.165) is 24.3 Å². The van der Waals surface area contributed by atoms with E-state index in [2.05, 4.69) is 25.6 Å². The fourth-order valence-corrected chi connectivity index (χ4v) is 4.20. The molecule has 10 nitrogen and oxygen atoms in total. The maximum atomic E-state index is 12.9. The molecule has 0 aliphatic heterocycles. The number of carbonyl (C=O) groups is 3. The van der Waals surface area contributed by atoms with Crippen LogP contribution >= 0.6 is 0 Å². The Morgan fingerprint density at radius 1 is 0.622 bits per heavy atom. The molecule has 0 amide bonds. The molecule has 0 N–H and O–H groups in total. The summed E-state index contributed by atoms with van der Waals surface area (Å²) in [5, 5.41) is 16.1. The standard InChI is InChI=1S/C29H19F6N7O3/c1-2-3-25(43)18-12-21(23-14-41(39-37-23)19-8-4-16(5-9-19)26(44)28(30,31)32)36-22(13-18)24-15-42(40-38-24)20-10-6-17(7-11-20)27(45)29(33,34)35/h4-15H,2-3H2,1H3. The van der Waals surface area contributed by atoms with Crippen LogP contribution < -0.4 is 0 Å². The van der Waals surface area contributed by atoms with E-state index in [9.17, 15) is 40.7 Å². The van der Waals surface area contributed by atoms with Gasteiger partial charge in [-0.05, 0) is 67.1 Å². The number of hydrogen-bond donors (Lipinski definition) is 0. The Hall–Kier alpha value is -5.54. The maximum Gasteiger partial charge on any atom is 0.454 e. The summed E-state index contributed by atoms with van der Waals surface area (Å²) in [7, 11) is 0. The lowest BCUT2D eigenvalue weighted by molar-refractivity contribution is -0.0888. The van der Waals surface area contributed by atoms with E-state index in [1.54, 1.807) is 0 Å². The van der Waals surface area contributed by atoms with Gasteiger partial charge in [0.2, 0.25) is 0 Å². The molecule has 0 atom stereocenters. The summed E-state index contributed by atoms with van der Waals surface area (Å²) >= 11 is 0. The smallest absolute Gasteiger partial charge is 0.294 e. The Bertz CT molecular complexity index is 1770. The van der Waals surface area contributed by atoms with Gasteiger partial charge in [-0.2, -0.15) is 26.3 Å². The molecule has 0 bridgehead atoms. The third kappa shape index (κ3) is 6.68. The Kier molecular flexibility index (Phi) is 8.14. The fourth-order valence-electron chi connectivity index (χ4n) is 4.20. The van der Waals surface area contributed by atoms with Gasteiger partial charge in [-0.1, -0.05) is 17.4 Å². The first-order valence-corrected chi connectivity index (χ1v) is 13.1. The van der Waals surface area contributed by atoms with Gasteiger partial charge in [0.05, 0.1) is 35.2 Å². The normalized spacial score (nSPS) is 11.9. The number of alkyl halides is 6. The second-order valence-corrected chi connectivity index (χ2v) is 9.64. The summed E-state index contributed by atoms with van der Waals surface area (Å²) < 4.78 is 79.0. The molecule has 0 radical (unpaired) electrons. The van der Waals surface area contributed by atoms with E-state index < -0.39 is 35.0 Å². The molecule has 0 aliphatic rings. The predicted octanol–water partition coefficient (Wildman–Crippen LogP) is 6.05. The lowest BCUT2D eigenvalue weighted by Gasteiger charge is -2.06. The summed E-state index contributed by atoms with van der Waals surface area (Å²) in [5.74, 6) is -4.16. The van der Waals surface area contributed by atoms with Crippen molar-refractivity contribution in [2.75, 3.05) is 0 Å². The van der Waals surface area contributed by atoms with Crippen LogP contribution in [-0.2, 0) is 0 Å². The SMILES string of the molecule is CCCC(=O)c1cc(-c2cn(-c3ccc(C(=O)C(F)(F)F)cc3)nn2)nc(-c2cn(-c3ccc(C(=O)C(F)(F)F)cc3)nn2)c1. The van der Waals surface area contributed by atoms with Crippen molar-refractivity contribution in [1.82, 2.24) is 35.0 Å². The fraction of sp³-hybridized carbons (Fsp3) is 0.172. The molecule has 0 spiro atoms. The molecular weight excluding hydrogens is 608 g/mol. The zero-order valence-corrected chi connectivity index (χ0v) is 23.0. The van der Waals surface area contributed by atoms with Gasteiger partial charge in [0.25, 0.3) is 11.6 Å². The number of benzene rings is 2. The molecule has 3 heterocycles. The van der Waals surface area contributed by atoms with E-state index in [0.29, 0.717) is 17.8 Å². The van der Waals surface area contributed by atoms with E-state index in [1.807, 2.05) is 6.92 Å². The molecule has 2 aromatic carbocycles. The topological polar surface area (TPSA) is 126 Å². The Morgan fingerprint density at radius 2 is 1.02 bits per heavy atom. The number of pyridine rings is 1. The number of nitrogens with zero attached hydrogens (tertiary/aromatic N) is 7. The van der Waals surface area contributed by atoms with E-state index in [4.69, 9.17) is 0 Å². The van der Waals surface area contributed by atoms with Crippen LogP contribution in [0.5, 0.6) is 0 Å². The third-order valence-corrected chi connectivity index (χ3v) is 6.44. The molecule has 0 saturated heterocycles. The van der Waals surface area contributed by atoms with Crippen LogP contribution in [-0.4, -0.2) is 64.7 Å². The van der Waals surface area contributed by atoms with E-state index >= 15 is 0 Å². The summed E-state index contributed by atoms with van der Waals surface area (Å²) in [5.41, 5.74) is 0.640. The van der Waals surface area contributed by atoms with Crippen molar-refractivity contribution in [1.29, 1.82) is 0 Å². The largest absolute Gasteiger partial charge is 0.454 e. The average molecular weight is 628 g/mol. The van der Waals surface area contributed by atoms with Gasteiger partial charge in [0, 0.05) is 23.1 Å². The second kappa shape index (κ2) is 11.9. The summed E-state index contributed by atoms with van der Waals surface area (Å²) in [4.78, 5) is 40.4. The second-order valence-electron chi connectivity index (χ2n) is 9.64. The quantitative estimate of drug-likeness (QED) is 0.143. The number of hydrogen-bond acceptors (Lipinski definition) is 8. The van der Waals surface area contributed by atoms with Gasteiger partial charge in [0.1, 0.15) is 11.4 Å². The molecule has 45 heavy (non-hydrogen) atoms. The van der Waals surface area contributed by atoms with Gasteiger partial charge in [-0.15, -0.1) is 10.2 Å². The molecular formula is C29H19F6N7O3. The van der Waals surface area contributed by atoms with Crippen molar-refractivity contribution in [3.63, 3.8) is 0 Å². The predicted molar refractivity (Wildman–Crippen MR) is 145 cm³/mol. The maximum absolute atomic E-state index is 12.9. The van der Waals surface area contributed by atoms with Crippen LogP contribution in [0.4, 0.5) is 26.3 Å². The van der Waals surface area contributed by atoms with E-state index in [1.165, 1.54) is 58.2 Å². The minimum Gasteiger partial charge on any atom is -0.294 e. The molecule has 0 fully saturated rings. The van der Waals surface area contributed by atoms with Crippen molar-refractivity contribution in [3.05, 3.63) is 89.7 Å². The van der Waals surface area contributed by atoms with Gasteiger partial charge < -0.3 is 0 Å². The lowest BCUT2D eigenvalue weighted by atomic mass is 10.0. The Balaban J connectivity index is 1.46. The first-order valence-electron chi connectivity index (χ1n) is 13.1. The van der Waals surface area contributed by atoms with Crippen molar-refractivity contribution in [3.8, 4) is 34.2 Å². The molecule has 5 rings (SSSR count). The molecule has 3 aromatic heterocycles. The lowest BCUT2D eigenvalue weighted by Crippen LogP contribution is -2.22. The highest BCUT2D eigenvalue weighted by Gasteiger charge is 2.40. The van der Waals surface area contributed by atoms with Gasteiger partial charge in [0.15, 0.2) is 5.78 Å². The van der Waals surface area contributed by atoms with Crippen LogP contribution in [0.1, 0.15) is 50.8 Å². The van der Waals surface area contributed by atoms with Gasteiger partial charge >= 0.3 is 12.4 Å². The highest BCUT2D eigenvalue weighted by molar-refractivity contribution is 6.01. The zero-order chi connectivity index (χ0) is 32.5. The van der Waals surface area contributed by atoms with E-state index in [-0.39, 0.29) is 40.5 Å². The summed E-state index contributed by atoms with van der Waals surface area (Å²) in [6.45, 7) is 1.83. The van der Waals surface area contributed by atoms with Crippen LogP contribution in [0.15, 0.2) is 73.1 Å². The molecule has 16 heteroatoms. The van der Waals surface area contributed by atoms with Crippen molar-refractivity contribution >= 4 is 17.3 Å². The number of rotatable bonds is 9. The highest BCUT2D eigenvalue weighted by Crippen LogP contribution is 2.27. The molecule has 0 aliphatic carbocycles. The van der Waals surface area contributed by atoms with Crippen molar-refractivity contribution in [2.45, 2.75) is 32.1 Å². The van der Waals surface area contributed by atoms with Crippen LogP contribution in [0.3, 0.4) is 0 Å². The zero-order valence-electron chi connectivity index (χ0n) is 23.0. The molecule has 5 aromatic rings. The van der Waals surface area contributed by atoms with Crippen molar-refractivity contribution < 1.29 is 40.7 Å². The molecule has 0 unspecified atom stereocenters. The summed E-state index contributed by atoms with van der Waals surface area (Å²) in [6.07, 6.45) is -6.37. The first kappa shape index (κ1) is 30.9. The number of Topliss-reactive ketones (excluding diaryl/α,β-unsaturated/α-hetero) is 3. The monoisotopic (exact) mass is 627 g/mol. The van der Waals surface area contributed by atoms with Crippen LogP contribution in [0.2, 0.25) is 0 Å². The number of halogens is 6. The average Bonchev–Trinajstić information content (AvgIpc) is 3.71. The first-order chi connectivity index (χ1) is 21.2. The molecule has 0 saturated carbocycles. The number of aromatic nitrogens is 7. The Morgan fingerprint density at radius 3 is 1.38 bits per heavy atom. The Labute approximate surface area is 249 Å². The van der Waals surface area contributed by atoms with Crippen LogP contribution in [0, 0.1) is 0 Å². The van der Waals surface area contributed by atoms with Crippen molar-refractivity contribution in [2.24, 2.45) is 0 Å². The highest BCUT2D eigenvalue weighted by atomic mass is 19.4. The van der Waals surface area contributed by atoms with Gasteiger partial charge in [-0.25, -0.2) is 14.3 Å². The third-order valence-electron chi connectivity index (χ3n) is 6.44. The molecule has 230 valence electrons. The van der Waals surface area contributed by atoms with Gasteiger partial charge in [-0.3, -0.25) is 14.4 Å². The number of carbonyl (C=O) groups excluding carboxylic acids is 3. The van der Waals surface area contributed by atoms with Crippen LogP contribution in [0.25, 0.3) is 34.2 Å². The minimum absolute atomic E-state index is 0.197. The number of ketones is 3. The minimum atomic E-state index is -5.02. The summed E-state index contributed by atoms with van der Waals surface area (Å²) in [6, 6.07) is 12.1.